The van der Waals surface area contributed by atoms with E-state index in [0.717, 1.165) is 0 Å². The summed E-state index contributed by atoms with van der Waals surface area (Å²) < 4.78 is 37.4. The van der Waals surface area contributed by atoms with Crippen LogP contribution in [0.4, 0.5) is 0 Å². The average Bonchev–Trinajstić information content (AvgIpc) is 1.84. The van der Waals surface area contributed by atoms with E-state index in [1.807, 2.05) is 0 Å². The van der Waals surface area contributed by atoms with E-state index in [0.29, 0.717) is 0 Å². The van der Waals surface area contributed by atoms with Crippen LogP contribution in [-0.2, 0) is 9.53 Å². The maximum absolute atomic E-state index is 10.4. The molecule has 2 nitrogen and oxygen atoms in total. The summed E-state index contributed by atoms with van der Waals surface area (Å²) in [6.07, 6.45) is 1.69. The lowest BCUT2D eigenvalue weighted by atomic mass is 10.6. The Morgan fingerprint density at radius 3 is 3.57 bits per heavy atom. The van der Waals surface area contributed by atoms with Gasteiger partial charge in [-0.15, -0.1) is 0 Å². The Balaban J connectivity index is 4.43. The fraction of sp³-hybridized carbons (Fsp3) is 0.400. The standard InChI is InChI=1S/C5H7O2/c1-3-5(6)7-4-2/h1,4H2,2H3/q+1/i2D3,4D2. The van der Waals surface area contributed by atoms with Gasteiger partial charge in [0, 0.05) is 4.11 Å². The predicted molar refractivity (Wildman–Crippen MR) is 25.5 cm³/mol. The Labute approximate surface area is 49.8 Å². The van der Waals surface area contributed by atoms with Gasteiger partial charge in [0.05, 0.1) is 9.30 Å². The van der Waals surface area contributed by atoms with E-state index in [1.165, 1.54) is 0 Å². The maximum Gasteiger partial charge on any atom is 0.588 e. The van der Waals surface area contributed by atoms with Crippen molar-refractivity contribution in [1.82, 2.24) is 0 Å². The van der Waals surface area contributed by atoms with Gasteiger partial charge in [0.2, 0.25) is 0 Å². The van der Waals surface area contributed by atoms with Crippen LogP contribution in [0, 0.1) is 6.08 Å². The highest BCUT2D eigenvalue weighted by Gasteiger charge is 2.06. The molecule has 0 spiro atoms. The van der Waals surface area contributed by atoms with Gasteiger partial charge in [0.15, 0.2) is 6.58 Å². The van der Waals surface area contributed by atoms with Gasteiger partial charge in [-0.3, -0.25) is 0 Å². The zero-order valence-corrected chi connectivity index (χ0v) is 3.52. The predicted octanol–water partition coefficient (Wildman–Crippen LogP) is 0.539. The van der Waals surface area contributed by atoms with Crippen molar-refractivity contribution in [1.29, 1.82) is 0 Å². The fourth-order valence-corrected chi connectivity index (χ4v) is 0.0824. The molecule has 0 heterocycles. The highest BCUT2D eigenvalue weighted by molar-refractivity contribution is 5.76. The largest absolute Gasteiger partial charge is 0.588 e. The molecule has 0 amide bonds. The van der Waals surface area contributed by atoms with Crippen LogP contribution in [0.25, 0.3) is 0 Å². The second kappa shape index (κ2) is 3.32. The van der Waals surface area contributed by atoms with Crippen LogP contribution < -0.4 is 0 Å². The third-order valence-electron chi connectivity index (χ3n) is 0.288. The SMILES string of the molecule is [2H]C([2H])([2H])C([2H])([2H])OC(=O)[C+]=C. The summed E-state index contributed by atoms with van der Waals surface area (Å²) in [5.74, 6) is -1.23. The van der Waals surface area contributed by atoms with Crippen molar-refractivity contribution in [2.24, 2.45) is 0 Å². The number of carbonyl (C=O) groups excluding carboxylic acids is 1. The number of hydrogen-bond donors (Lipinski definition) is 0. The Morgan fingerprint density at radius 2 is 3.14 bits per heavy atom. The van der Waals surface area contributed by atoms with Gasteiger partial charge < -0.3 is 4.74 Å². The zero-order chi connectivity index (χ0) is 9.99. The van der Waals surface area contributed by atoms with Gasteiger partial charge in [0.25, 0.3) is 0 Å². The number of rotatable bonds is 2. The van der Waals surface area contributed by atoms with E-state index < -0.39 is 19.4 Å². The second-order valence-electron chi connectivity index (χ2n) is 0.668. The minimum atomic E-state index is -3.00. The quantitative estimate of drug-likeness (QED) is 0.290. The molecule has 0 unspecified atom stereocenters. The number of carbonyl (C=O) groups is 1. The number of esters is 1. The topological polar surface area (TPSA) is 26.3 Å². The molecule has 38 valence electrons. The number of hydrogen-bond acceptors (Lipinski definition) is 2. The monoisotopic (exact) mass is 104 g/mol. The van der Waals surface area contributed by atoms with Crippen molar-refractivity contribution in [3.8, 4) is 0 Å². The second-order valence-corrected chi connectivity index (χ2v) is 0.668. The van der Waals surface area contributed by atoms with Crippen molar-refractivity contribution in [3.05, 3.63) is 12.7 Å². The van der Waals surface area contributed by atoms with E-state index in [9.17, 15) is 4.79 Å². The van der Waals surface area contributed by atoms with Gasteiger partial charge in [0.1, 0.15) is 0 Å². The van der Waals surface area contributed by atoms with E-state index in [-0.39, 0.29) is 0 Å². The molecule has 0 aliphatic rings. The van der Waals surface area contributed by atoms with Crippen LogP contribution in [0.1, 0.15) is 13.7 Å². The molecule has 0 rings (SSSR count). The molecule has 0 N–H and O–H groups in total. The van der Waals surface area contributed by atoms with Crippen LogP contribution in [0.15, 0.2) is 6.58 Å². The molecule has 0 radical (unpaired) electrons. The summed E-state index contributed by atoms with van der Waals surface area (Å²) in [6, 6.07) is 0. The lowest BCUT2D eigenvalue weighted by Gasteiger charge is -1.81. The Bertz CT molecular complexity index is 195. The third-order valence-corrected chi connectivity index (χ3v) is 0.288. The smallest absolute Gasteiger partial charge is 0.422 e. The molecule has 2 heteroatoms. The minimum Gasteiger partial charge on any atom is -0.422 e. The van der Waals surface area contributed by atoms with Gasteiger partial charge in [-0.25, -0.2) is 0 Å². The van der Waals surface area contributed by atoms with Crippen LogP contribution in [0.2, 0.25) is 0 Å². The van der Waals surface area contributed by atoms with Gasteiger partial charge in [-0.2, -0.15) is 4.79 Å². The molecule has 0 saturated carbocycles. The first-order valence-electron chi connectivity index (χ1n) is 3.97. The molecule has 7 heavy (non-hydrogen) atoms. The van der Waals surface area contributed by atoms with E-state index >= 15 is 0 Å². The first kappa shape index (κ1) is 1.57. The van der Waals surface area contributed by atoms with Gasteiger partial charge in [-0.1, -0.05) is 0 Å². The van der Waals surface area contributed by atoms with Gasteiger partial charge in [-0.05, 0) is 6.85 Å². The summed E-state index contributed by atoms with van der Waals surface area (Å²) in [4.78, 5) is 10.4. The molecule has 0 bridgehead atoms. The normalized spacial score (nSPS) is 21.4. The van der Waals surface area contributed by atoms with Crippen molar-refractivity contribution < 1.29 is 16.4 Å². The van der Waals surface area contributed by atoms with Crippen molar-refractivity contribution in [3.63, 3.8) is 0 Å². The Kier molecular flexibility index (Phi) is 0.742. The molecule has 0 aromatic heterocycles. The maximum atomic E-state index is 10.4. The molecular formula is C5H7O2+. The molecule has 0 saturated heterocycles. The molecule has 0 fully saturated rings. The van der Waals surface area contributed by atoms with Crippen LogP contribution in [0.5, 0.6) is 0 Å². The first-order chi connectivity index (χ1) is 5.20. The Morgan fingerprint density at radius 1 is 2.43 bits per heavy atom. The van der Waals surface area contributed by atoms with Gasteiger partial charge >= 0.3 is 12.0 Å². The van der Waals surface area contributed by atoms with Crippen LogP contribution in [0.3, 0.4) is 0 Å². The molecule has 0 aromatic carbocycles. The molecule has 0 aliphatic heterocycles. The van der Waals surface area contributed by atoms with Crippen LogP contribution >= 0.6 is 0 Å². The fourth-order valence-electron chi connectivity index (χ4n) is 0.0824. The highest BCUT2D eigenvalue weighted by atomic mass is 16.5. The van der Waals surface area contributed by atoms with Crippen molar-refractivity contribution in [2.45, 2.75) is 6.85 Å². The lowest BCUT2D eigenvalue weighted by molar-refractivity contribution is -0.137. The van der Waals surface area contributed by atoms with E-state index in [2.05, 4.69) is 11.3 Å². The summed E-state index contributed by atoms with van der Waals surface area (Å²) in [6.45, 7) is -3.11. The summed E-state index contributed by atoms with van der Waals surface area (Å²) in [5, 5.41) is 0. The van der Waals surface area contributed by atoms with Crippen LogP contribution in [-0.4, -0.2) is 12.5 Å². The summed E-state index contributed by atoms with van der Waals surface area (Å²) in [5.41, 5.74) is 0. The Hall–Kier alpha value is -0.880. The first-order valence-corrected chi connectivity index (χ1v) is 1.47. The molecule has 0 aliphatic carbocycles. The van der Waals surface area contributed by atoms with E-state index in [4.69, 9.17) is 6.85 Å². The summed E-state index contributed by atoms with van der Waals surface area (Å²) >= 11 is 0. The minimum absolute atomic E-state index is 1.23. The number of ether oxygens (including phenoxy) is 1. The average molecular weight is 104 g/mol. The zero-order valence-electron chi connectivity index (χ0n) is 8.52. The van der Waals surface area contributed by atoms with Crippen molar-refractivity contribution >= 4 is 5.97 Å². The molecular weight excluding hydrogens is 92.1 g/mol. The van der Waals surface area contributed by atoms with Crippen molar-refractivity contribution in [2.75, 3.05) is 6.56 Å². The third kappa shape index (κ3) is 2.94. The highest BCUT2D eigenvalue weighted by Crippen LogP contribution is 1.73. The molecule has 0 atom stereocenters. The van der Waals surface area contributed by atoms with E-state index in [1.54, 1.807) is 6.08 Å². The summed E-state index contributed by atoms with van der Waals surface area (Å²) in [7, 11) is 0. The lowest BCUT2D eigenvalue weighted by Crippen LogP contribution is -1.98. The molecule has 0 aromatic rings.